The van der Waals surface area contributed by atoms with Gasteiger partial charge in [-0.15, -0.1) is 0 Å². The molecule has 17 heavy (non-hydrogen) atoms. The normalized spacial score (nSPS) is 12.7. The van der Waals surface area contributed by atoms with Crippen LogP contribution in [0.3, 0.4) is 0 Å². The molecule has 0 spiro atoms. The van der Waals surface area contributed by atoms with Gasteiger partial charge in [0.2, 0.25) is 0 Å². The van der Waals surface area contributed by atoms with E-state index in [9.17, 15) is 0 Å². The lowest BCUT2D eigenvalue weighted by Crippen LogP contribution is -2.13. The Labute approximate surface area is 115 Å². The molecule has 1 unspecified atom stereocenters. The third-order valence-electron chi connectivity index (χ3n) is 2.75. The second-order valence-electron chi connectivity index (χ2n) is 4.06. The number of benzene rings is 1. The molecule has 2 aromatic rings. The average Bonchev–Trinajstić information content (AvgIpc) is 2.68. The SMILES string of the molecule is Cc1cscc1C(N)Cc1ccc(Cl)cc1Cl. The van der Waals surface area contributed by atoms with Gasteiger partial charge in [0.05, 0.1) is 0 Å². The molecule has 0 aliphatic rings. The average molecular weight is 286 g/mol. The third kappa shape index (κ3) is 3.02. The predicted octanol–water partition coefficient (Wildman–Crippen LogP) is 4.61. The summed E-state index contributed by atoms with van der Waals surface area (Å²) in [5, 5.41) is 5.54. The Morgan fingerprint density at radius 3 is 2.65 bits per heavy atom. The van der Waals surface area contributed by atoms with Gasteiger partial charge >= 0.3 is 0 Å². The summed E-state index contributed by atoms with van der Waals surface area (Å²) in [6, 6.07) is 5.52. The maximum Gasteiger partial charge on any atom is 0.0453 e. The molecular formula is C13H13Cl2NS. The lowest BCUT2D eigenvalue weighted by atomic mass is 9.99. The van der Waals surface area contributed by atoms with Crippen LogP contribution in [0.4, 0.5) is 0 Å². The lowest BCUT2D eigenvalue weighted by molar-refractivity contribution is 0.720. The quantitative estimate of drug-likeness (QED) is 0.876. The topological polar surface area (TPSA) is 26.0 Å². The molecule has 0 saturated carbocycles. The van der Waals surface area contributed by atoms with Crippen molar-refractivity contribution in [2.24, 2.45) is 5.73 Å². The molecule has 1 nitrogen and oxygen atoms in total. The van der Waals surface area contributed by atoms with Gasteiger partial charge in [-0.05, 0) is 52.9 Å². The molecule has 1 heterocycles. The Hall–Kier alpha value is -0.540. The van der Waals surface area contributed by atoms with Gasteiger partial charge in [0.1, 0.15) is 0 Å². The zero-order valence-corrected chi connectivity index (χ0v) is 11.7. The Morgan fingerprint density at radius 2 is 2.06 bits per heavy atom. The van der Waals surface area contributed by atoms with Crippen molar-refractivity contribution in [1.29, 1.82) is 0 Å². The van der Waals surface area contributed by atoms with Crippen molar-refractivity contribution in [3.63, 3.8) is 0 Å². The number of hydrogen-bond acceptors (Lipinski definition) is 2. The monoisotopic (exact) mass is 285 g/mol. The van der Waals surface area contributed by atoms with E-state index < -0.39 is 0 Å². The fourth-order valence-corrected chi connectivity index (χ4v) is 3.19. The van der Waals surface area contributed by atoms with Gasteiger partial charge in [0, 0.05) is 16.1 Å². The second-order valence-corrected chi connectivity index (χ2v) is 5.64. The maximum atomic E-state index is 6.19. The van der Waals surface area contributed by atoms with Crippen LogP contribution in [0, 0.1) is 6.92 Å². The van der Waals surface area contributed by atoms with Crippen molar-refractivity contribution in [1.82, 2.24) is 0 Å². The third-order valence-corrected chi connectivity index (χ3v) is 4.22. The highest BCUT2D eigenvalue weighted by atomic mass is 35.5. The number of halogens is 2. The van der Waals surface area contributed by atoms with Crippen molar-refractivity contribution >= 4 is 34.5 Å². The fourth-order valence-electron chi connectivity index (χ4n) is 1.78. The van der Waals surface area contributed by atoms with Crippen LogP contribution >= 0.6 is 34.5 Å². The van der Waals surface area contributed by atoms with Gasteiger partial charge < -0.3 is 5.73 Å². The predicted molar refractivity (Wildman–Crippen MR) is 76.2 cm³/mol. The van der Waals surface area contributed by atoms with E-state index in [4.69, 9.17) is 28.9 Å². The van der Waals surface area contributed by atoms with Crippen LogP contribution in [0.15, 0.2) is 29.0 Å². The van der Waals surface area contributed by atoms with Crippen molar-refractivity contribution in [3.8, 4) is 0 Å². The van der Waals surface area contributed by atoms with Gasteiger partial charge in [0.15, 0.2) is 0 Å². The number of nitrogens with two attached hydrogens (primary N) is 1. The zero-order valence-electron chi connectivity index (χ0n) is 9.41. The van der Waals surface area contributed by atoms with Crippen molar-refractivity contribution in [2.75, 3.05) is 0 Å². The minimum Gasteiger partial charge on any atom is -0.324 e. The maximum absolute atomic E-state index is 6.19. The Morgan fingerprint density at radius 1 is 1.29 bits per heavy atom. The summed E-state index contributed by atoms with van der Waals surface area (Å²) >= 11 is 13.7. The minimum atomic E-state index is -0.0140. The van der Waals surface area contributed by atoms with Crippen molar-refractivity contribution in [3.05, 3.63) is 55.7 Å². The first kappa shape index (κ1) is 12.9. The van der Waals surface area contributed by atoms with Crippen LogP contribution in [-0.4, -0.2) is 0 Å². The molecule has 90 valence electrons. The summed E-state index contributed by atoms with van der Waals surface area (Å²) < 4.78 is 0. The van der Waals surface area contributed by atoms with E-state index in [0.717, 1.165) is 12.0 Å². The standard InChI is InChI=1S/C13H13Cl2NS/c1-8-6-17-7-11(8)13(16)4-9-2-3-10(14)5-12(9)15/h2-3,5-7,13H,4,16H2,1H3. The van der Waals surface area contributed by atoms with Gasteiger partial charge in [-0.1, -0.05) is 29.3 Å². The summed E-state index contributed by atoms with van der Waals surface area (Å²) in [4.78, 5) is 0. The van der Waals surface area contributed by atoms with Gasteiger partial charge in [-0.3, -0.25) is 0 Å². The van der Waals surface area contributed by atoms with Crippen LogP contribution < -0.4 is 5.73 Å². The molecular weight excluding hydrogens is 273 g/mol. The van der Waals surface area contributed by atoms with Crippen molar-refractivity contribution < 1.29 is 0 Å². The Bertz CT molecular complexity index is 522. The first-order chi connectivity index (χ1) is 8.08. The van der Waals surface area contributed by atoms with E-state index in [2.05, 4.69) is 17.7 Å². The molecule has 0 fully saturated rings. The van der Waals surface area contributed by atoms with E-state index in [-0.39, 0.29) is 6.04 Å². The first-order valence-electron chi connectivity index (χ1n) is 5.30. The van der Waals surface area contributed by atoms with Gasteiger partial charge in [0.25, 0.3) is 0 Å². The van der Waals surface area contributed by atoms with Crippen LogP contribution in [0.5, 0.6) is 0 Å². The molecule has 0 aliphatic carbocycles. The first-order valence-corrected chi connectivity index (χ1v) is 7.00. The molecule has 0 aliphatic heterocycles. The molecule has 0 bridgehead atoms. The Kier molecular flexibility index (Phi) is 4.10. The molecule has 1 atom stereocenters. The van der Waals surface area contributed by atoms with Crippen LogP contribution in [0.2, 0.25) is 10.0 Å². The number of thiophene rings is 1. The molecule has 1 aromatic heterocycles. The van der Waals surface area contributed by atoms with Gasteiger partial charge in [-0.2, -0.15) is 11.3 Å². The summed E-state index contributed by atoms with van der Waals surface area (Å²) in [5.41, 5.74) is 9.67. The molecule has 1 aromatic carbocycles. The number of hydrogen-bond donors (Lipinski definition) is 1. The Balaban J connectivity index is 2.19. The van der Waals surface area contributed by atoms with E-state index in [1.807, 2.05) is 12.1 Å². The second kappa shape index (κ2) is 5.40. The minimum absolute atomic E-state index is 0.0140. The van der Waals surface area contributed by atoms with Crippen molar-refractivity contribution in [2.45, 2.75) is 19.4 Å². The smallest absolute Gasteiger partial charge is 0.0453 e. The molecule has 0 saturated heterocycles. The molecule has 0 radical (unpaired) electrons. The zero-order chi connectivity index (χ0) is 12.4. The van der Waals surface area contributed by atoms with E-state index in [0.29, 0.717) is 10.0 Å². The molecule has 2 rings (SSSR count). The highest BCUT2D eigenvalue weighted by Crippen LogP contribution is 2.27. The highest BCUT2D eigenvalue weighted by molar-refractivity contribution is 7.08. The summed E-state index contributed by atoms with van der Waals surface area (Å²) in [6.45, 7) is 2.08. The largest absolute Gasteiger partial charge is 0.324 e. The van der Waals surface area contributed by atoms with Crippen LogP contribution in [0.25, 0.3) is 0 Å². The van der Waals surface area contributed by atoms with E-state index in [1.54, 1.807) is 17.4 Å². The van der Waals surface area contributed by atoms with Crippen LogP contribution in [0.1, 0.15) is 22.7 Å². The number of aryl methyl sites for hydroxylation is 1. The highest BCUT2D eigenvalue weighted by Gasteiger charge is 2.12. The molecule has 4 heteroatoms. The van der Waals surface area contributed by atoms with Crippen LogP contribution in [-0.2, 0) is 6.42 Å². The van der Waals surface area contributed by atoms with Gasteiger partial charge in [-0.25, -0.2) is 0 Å². The summed E-state index contributed by atoms with van der Waals surface area (Å²) in [7, 11) is 0. The molecule has 2 N–H and O–H groups in total. The lowest BCUT2D eigenvalue weighted by Gasteiger charge is -2.13. The van der Waals surface area contributed by atoms with E-state index >= 15 is 0 Å². The molecule has 0 amide bonds. The van der Waals surface area contributed by atoms with E-state index in [1.165, 1.54) is 11.1 Å². The summed E-state index contributed by atoms with van der Waals surface area (Å²) in [6.07, 6.45) is 0.730. The number of rotatable bonds is 3. The fraction of sp³-hybridized carbons (Fsp3) is 0.231. The summed E-state index contributed by atoms with van der Waals surface area (Å²) in [5.74, 6) is 0.